The van der Waals surface area contributed by atoms with E-state index in [1.165, 1.54) is 13.5 Å². The molecule has 3 heteroatoms. The molecule has 1 aliphatic rings. The molecule has 0 aliphatic heterocycles. The molecule has 0 heterocycles. The Bertz CT molecular complexity index is 163. The second-order valence-corrected chi connectivity index (χ2v) is 4.18. The molecule has 0 atom stereocenters. The van der Waals surface area contributed by atoms with Crippen molar-refractivity contribution in [2.75, 3.05) is 13.7 Å². The van der Waals surface area contributed by atoms with Crippen molar-refractivity contribution in [1.82, 2.24) is 0 Å². The van der Waals surface area contributed by atoms with Gasteiger partial charge in [-0.05, 0) is 38.1 Å². The van der Waals surface area contributed by atoms with Crippen LogP contribution in [-0.2, 0) is 9.53 Å². The summed E-state index contributed by atoms with van der Waals surface area (Å²) in [6, 6.07) is 0. The van der Waals surface area contributed by atoms with Crippen molar-refractivity contribution in [1.29, 1.82) is 0 Å². The Morgan fingerprint density at radius 1 is 1.27 bits per heavy atom. The fraction of sp³-hybridized carbons (Fsp3) is 0.917. The van der Waals surface area contributed by atoms with Crippen molar-refractivity contribution in [2.45, 2.75) is 46.0 Å². The number of carbonyl (C=O) groups excluding carboxylic acids is 1. The van der Waals surface area contributed by atoms with Crippen molar-refractivity contribution in [3.05, 3.63) is 0 Å². The van der Waals surface area contributed by atoms with Gasteiger partial charge in [0.05, 0.1) is 13.0 Å². The third-order valence-corrected chi connectivity index (χ3v) is 2.71. The van der Waals surface area contributed by atoms with E-state index in [-0.39, 0.29) is 11.9 Å². The van der Waals surface area contributed by atoms with Crippen molar-refractivity contribution in [2.24, 2.45) is 17.6 Å². The van der Waals surface area contributed by atoms with Gasteiger partial charge in [-0.3, -0.25) is 4.79 Å². The van der Waals surface area contributed by atoms with Gasteiger partial charge >= 0.3 is 5.97 Å². The van der Waals surface area contributed by atoms with Crippen LogP contribution < -0.4 is 5.73 Å². The Kier molecular flexibility index (Phi) is 8.38. The van der Waals surface area contributed by atoms with E-state index < -0.39 is 0 Å². The Balaban J connectivity index is 0.000000583. The molecule has 1 saturated carbocycles. The lowest BCUT2D eigenvalue weighted by atomic mass is 9.82. The van der Waals surface area contributed by atoms with E-state index in [9.17, 15) is 4.79 Å². The third kappa shape index (κ3) is 5.78. The Labute approximate surface area is 93.4 Å². The van der Waals surface area contributed by atoms with Crippen LogP contribution in [0.15, 0.2) is 0 Å². The first-order valence-electron chi connectivity index (χ1n) is 5.97. The molecular formula is C12H25NO2. The molecule has 0 unspecified atom stereocenters. The van der Waals surface area contributed by atoms with E-state index in [1.54, 1.807) is 0 Å². The first kappa shape index (κ1) is 14.4. The summed E-state index contributed by atoms with van der Waals surface area (Å²) in [6.45, 7) is 5.01. The van der Waals surface area contributed by atoms with E-state index in [2.05, 4.69) is 18.6 Å². The van der Waals surface area contributed by atoms with Gasteiger partial charge in [0.2, 0.25) is 0 Å². The highest BCUT2D eigenvalue weighted by Gasteiger charge is 2.25. The zero-order chi connectivity index (χ0) is 11.7. The highest BCUT2D eigenvalue weighted by Crippen LogP contribution is 2.28. The maximum Gasteiger partial charge on any atom is 0.308 e. The van der Waals surface area contributed by atoms with Gasteiger partial charge < -0.3 is 10.5 Å². The molecule has 0 aromatic heterocycles. The second-order valence-electron chi connectivity index (χ2n) is 4.18. The fourth-order valence-corrected chi connectivity index (χ4v) is 1.80. The molecule has 0 spiro atoms. The van der Waals surface area contributed by atoms with E-state index in [1.807, 2.05) is 0 Å². The van der Waals surface area contributed by atoms with Crippen molar-refractivity contribution >= 4 is 5.97 Å². The normalized spacial score (nSPS) is 25.1. The predicted octanol–water partition coefficient (Wildman–Crippen LogP) is 2.34. The molecule has 0 aromatic carbocycles. The lowest BCUT2D eigenvalue weighted by Crippen LogP contribution is -2.26. The molecule has 15 heavy (non-hydrogen) atoms. The lowest BCUT2D eigenvalue weighted by Gasteiger charge is -2.25. The minimum atomic E-state index is -0.0505. The van der Waals surface area contributed by atoms with Crippen molar-refractivity contribution < 1.29 is 9.53 Å². The molecule has 3 nitrogen and oxygen atoms in total. The highest BCUT2D eigenvalue weighted by atomic mass is 16.5. The van der Waals surface area contributed by atoms with Gasteiger partial charge in [0.25, 0.3) is 0 Å². The molecule has 1 aliphatic carbocycles. The van der Waals surface area contributed by atoms with Crippen LogP contribution in [0.5, 0.6) is 0 Å². The maximum atomic E-state index is 11.1. The quantitative estimate of drug-likeness (QED) is 0.719. The standard InChI is InChI=1S/C9H17NO2.C3H8/c1-12-9(11)8-4-2-7(6-10)3-5-8;1-3-2/h7-8H,2-6,10H2,1H3;3H2,1-2H3. The minimum absolute atomic E-state index is 0.0505. The van der Waals surface area contributed by atoms with E-state index in [0.717, 1.165) is 32.2 Å². The fourth-order valence-electron chi connectivity index (χ4n) is 1.80. The summed E-state index contributed by atoms with van der Waals surface area (Å²) in [5, 5.41) is 0. The summed E-state index contributed by atoms with van der Waals surface area (Å²) in [5.74, 6) is 0.717. The van der Waals surface area contributed by atoms with Crippen molar-refractivity contribution in [3.63, 3.8) is 0 Å². The first-order chi connectivity index (χ1) is 7.19. The van der Waals surface area contributed by atoms with Crippen LogP contribution in [-0.4, -0.2) is 19.6 Å². The van der Waals surface area contributed by atoms with Crippen LogP contribution in [0.4, 0.5) is 0 Å². The summed E-state index contributed by atoms with van der Waals surface area (Å²) in [4.78, 5) is 11.1. The number of hydrogen-bond acceptors (Lipinski definition) is 3. The predicted molar refractivity (Wildman–Crippen MR) is 62.5 cm³/mol. The molecule has 0 saturated heterocycles. The Morgan fingerprint density at radius 2 is 1.73 bits per heavy atom. The maximum absolute atomic E-state index is 11.1. The van der Waals surface area contributed by atoms with Crippen LogP contribution in [0.1, 0.15) is 46.0 Å². The largest absolute Gasteiger partial charge is 0.469 e. The molecular weight excluding hydrogens is 190 g/mol. The van der Waals surface area contributed by atoms with Gasteiger partial charge in [0.15, 0.2) is 0 Å². The molecule has 1 fully saturated rings. The molecule has 0 bridgehead atoms. The number of carbonyl (C=O) groups is 1. The third-order valence-electron chi connectivity index (χ3n) is 2.71. The molecule has 0 amide bonds. The van der Waals surface area contributed by atoms with Crippen LogP contribution in [0, 0.1) is 11.8 Å². The van der Waals surface area contributed by atoms with Gasteiger partial charge in [0, 0.05) is 0 Å². The lowest BCUT2D eigenvalue weighted by molar-refractivity contribution is -0.146. The zero-order valence-electron chi connectivity index (χ0n) is 10.3. The summed E-state index contributed by atoms with van der Waals surface area (Å²) in [6.07, 6.45) is 5.32. The first-order valence-corrected chi connectivity index (χ1v) is 5.97. The molecule has 1 rings (SSSR count). The van der Waals surface area contributed by atoms with Crippen LogP contribution in [0.25, 0.3) is 0 Å². The Morgan fingerprint density at radius 3 is 2.07 bits per heavy atom. The minimum Gasteiger partial charge on any atom is -0.469 e. The van der Waals surface area contributed by atoms with Crippen molar-refractivity contribution in [3.8, 4) is 0 Å². The number of esters is 1. The zero-order valence-corrected chi connectivity index (χ0v) is 10.3. The average molecular weight is 215 g/mol. The molecule has 0 radical (unpaired) electrons. The van der Waals surface area contributed by atoms with Gasteiger partial charge in [-0.15, -0.1) is 0 Å². The summed E-state index contributed by atoms with van der Waals surface area (Å²) >= 11 is 0. The Hall–Kier alpha value is -0.570. The summed E-state index contributed by atoms with van der Waals surface area (Å²) in [5.41, 5.74) is 5.54. The summed E-state index contributed by atoms with van der Waals surface area (Å²) < 4.78 is 4.69. The van der Waals surface area contributed by atoms with Crippen LogP contribution in [0.2, 0.25) is 0 Å². The molecule has 0 aromatic rings. The van der Waals surface area contributed by atoms with Gasteiger partial charge in [-0.25, -0.2) is 0 Å². The molecule has 2 N–H and O–H groups in total. The number of nitrogens with two attached hydrogens (primary N) is 1. The molecule has 90 valence electrons. The smallest absolute Gasteiger partial charge is 0.308 e. The number of hydrogen-bond donors (Lipinski definition) is 1. The SMILES string of the molecule is CCC.COC(=O)C1CCC(CN)CC1. The topological polar surface area (TPSA) is 52.3 Å². The second kappa shape index (κ2) is 8.72. The van der Waals surface area contributed by atoms with Crippen LogP contribution >= 0.6 is 0 Å². The van der Waals surface area contributed by atoms with E-state index in [0.29, 0.717) is 5.92 Å². The number of ether oxygens (including phenoxy) is 1. The summed E-state index contributed by atoms with van der Waals surface area (Å²) in [7, 11) is 1.46. The highest BCUT2D eigenvalue weighted by molar-refractivity contribution is 5.72. The monoisotopic (exact) mass is 215 g/mol. The number of methoxy groups -OCH3 is 1. The van der Waals surface area contributed by atoms with E-state index >= 15 is 0 Å². The van der Waals surface area contributed by atoms with Gasteiger partial charge in [0.1, 0.15) is 0 Å². The van der Waals surface area contributed by atoms with Crippen LogP contribution in [0.3, 0.4) is 0 Å². The van der Waals surface area contributed by atoms with E-state index in [4.69, 9.17) is 5.73 Å². The van der Waals surface area contributed by atoms with Gasteiger partial charge in [-0.1, -0.05) is 20.3 Å². The number of rotatable bonds is 2. The van der Waals surface area contributed by atoms with Gasteiger partial charge in [-0.2, -0.15) is 0 Å². The average Bonchev–Trinajstić information content (AvgIpc) is 2.29.